The van der Waals surface area contributed by atoms with Crippen molar-refractivity contribution >= 4 is 22.4 Å². The van der Waals surface area contributed by atoms with Gasteiger partial charge in [-0.3, -0.25) is 4.79 Å². The fourth-order valence-corrected chi connectivity index (χ4v) is 5.76. The van der Waals surface area contributed by atoms with Crippen molar-refractivity contribution < 1.29 is 9.53 Å². The van der Waals surface area contributed by atoms with Gasteiger partial charge in [-0.05, 0) is 62.4 Å². The van der Waals surface area contributed by atoms with Crippen LogP contribution in [0.3, 0.4) is 0 Å². The maximum atomic E-state index is 13.2. The number of amides is 1. The van der Waals surface area contributed by atoms with Crippen molar-refractivity contribution in [2.24, 2.45) is 0 Å². The smallest absolute Gasteiger partial charge is 0.270 e. The maximum absolute atomic E-state index is 13.2. The summed E-state index contributed by atoms with van der Waals surface area (Å²) in [7, 11) is 3.84. The first-order valence-electron chi connectivity index (χ1n) is 12.9. The Morgan fingerprint density at radius 1 is 1.19 bits per heavy atom. The predicted molar refractivity (Wildman–Crippen MR) is 147 cm³/mol. The third kappa shape index (κ3) is 5.16. The molecule has 37 heavy (non-hydrogen) atoms. The van der Waals surface area contributed by atoms with Gasteiger partial charge in [-0.1, -0.05) is 37.3 Å². The molecule has 0 aliphatic carbocycles. The first-order valence-corrected chi connectivity index (χ1v) is 12.9. The summed E-state index contributed by atoms with van der Waals surface area (Å²) in [6, 6.07) is 18.9. The monoisotopic (exact) mass is 495 g/mol. The number of hydrogen-bond donors (Lipinski definition) is 2. The van der Waals surface area contributed by atoms with Gasteiger partial charge < -0.3 is 20.3 Å². The Balaban J connectivity index is 1.39. The second-order valence-corrected chi connectivity index (χ2v) is 10.1. The highest BCUT2D eigenvalue weighted by atomic mass is 16.5. The summed E-state index contributed by atoms with van der Waals surface area (Å²) in [5.74, 6) is 0.564. The first kappa shape index (κ1) is 24.8. The average Bonchev–Trinajstić information content (AvgIpc) is 2.91. The molecule has 0 radical (unpaired) electrons. The molecular weight excluding hydrogens is 462 g/mol. The van der Waals surface area contributed by atoms with Crippen molar-refractivity contribution in [2.75, 3.05) is 26.0 Å². The Labute approximate surface area is 218 Å². The van der Waals surface area contributed by atoms with Crippen LogP contribution in [0.4, 0.5) is 5.69 Å². The van der Waals surface area contributed by atoms with E-state index in [1.54, 1.807) is 13.2 Å². The predicted octanol–water partition coefficient (Wildman–Crippen LogP) is 5.15. The molecule has 190 valence electrons. The van der Waals surface area contributed by atoms with Crippen molar-refractivity contribution in [3.8, 4) is 23.1 Å². The molecule has 2 atom stereocenters. The van der Waals surface area contributed by atoms with E-state index in [1.165, 1.54) is 19.3 Å². The lowest BCUT2D eigenvalue weighted by Gasteiger charge is -2.47. The molecule has 2 bridgehead atoms. The van der Waals surface area contributed by atoms with Crippen LogP contribution in [-0.2, 0) is 0 Å². The van der Waals surface area contributed by atoms with Gasteiger partial charge in [0.15, 0.2) is 0 Å². The molecule has 2 aliphatic rings. The molecule has 5 rings (SSSR count). The van der Waals surface area contributed by atoms with Gasteiger partial charge in [-0.25, -0.2) is 4.98 Å². The van der Waals surface area contributed by atoms with E-state index in [0.29, 0.717) is 35.6 Å². The maximum Gasteiger partial charge on any atom is 0.270 e. The molecule has 7 nitrogen and oxygen atoms in total. The van der Waals surface area contributed by atoms with E-state index in [1.807, 2.05) is 42.5 Å². The summed E-state index contributed by atoms with van der Waals surface area (Å²) >= 11 is 0. The number of hydrogen-bond acceptors (Lipinski definition) is 6. The zero-order valence-electron chi connectivity index (χ0n) is 21.5. The zero-order chi connectivity index (χ0) is 25.9. The minimum Gasteiger partial charge on any atom is -0.495 e. The first-order chi connectivity index (χ1) is 18.0. The Kier molecular flexibility index (Phi) is 7.11. The molecule has 3 heterocycles. The van der Waals surface area contributed by atoms with Gasteiger partial charge in [0.05, 0.1) is 24.6 Å². The van der Waals surface area contributed by atoms with Crippen LogP contribution in [0.15, 0.2) is 60.7 Å². The summed E-state index contributed by atoms with van der Waals surface area (Å²) in [4.78, 5) is 20.4. The van der Waals surface area contributed by atoms with Crippen LogP contribution in [0.1, 0.15) is 42.6 Å². The summed E-state index contributed by atoms with van der Waals surface area (Å²) in [6.45, 7) is 4.08. The van der Waals surface area contributed by atoms with Crippen molar-refractivity contribution in [2.45, 2.75) is 50.2 Å². The van der Waals surface area contributed by atoms with Crippen LogP contribution in [0.2, 0.25) is 0 Å². The lowest BCUT2D eigenvalue weighted by molar-refractivity contribution is 0.0462. The van der Waals surface area contributed by atoms with Gasteiger partial charge in [-0.15, -0.1) is 0 Å². The minimum atomic E-state index is -0.116. The second-order valence-electron chi connectivity index (χ2n) is 10.1. The Morgan fingerprint density at radius 2 is 1.95 bits per heavy atom. The average molecular weight is 496 g/mol. The molecule has 7 heteroatoms. The molecule has 2 aromatic carbocycles. The number of carbonyl (C=O) groups is 1. The Morgan fingerprint density at radius 3 is 2.68 bits per heavy atom. The number of rotatable bonds is 7. The number of fused-ring (bicyclic) bond motifs is 3. The van der Waals surface area contributed by atoms with Crippen molar-refractivity contribution in [3.05, 3.63) is 66.4 Å². The molecule has 2 aliphatic heterocycles. The second kappa shape index (κ2) is 10.6. The van der Waals surface area contributed by atoms with E-state index in [2.05, 4.69) is 35.2 Å². The van der Waals surface area contributed by atoms with Crippen LogP contribution < -0.4 is 15.4 Å². The van der Waals surface area contributed by atoms with Gasteiger partial charge in [0.1, 0.15) is 11.4 Å². The van der Waals surface area contributed by atoms with Gasteiger partial charge in [0.2, 0.25) is 0 Å². The van der Waals surface area contributed by atoms with E-state index in [9.17, 15) is 4.79 Å². The number of carbonyl (C=O) groups excluding carboxylic acids is 1. The number of benzene rings is 2. The summed E-state index contributed by atoms with van der Waals surface area (Å²) in [6.07, 6.45) is 5.70. The molecule has 1 amide bonds. The highest BCUT2D eigenvalue weighted by Gasteiger charge is 2.36. The van der Waals surface area contributed by atoms with Crippen LogP contribution >= 0.6 is 0 Å². The van der Waals surface area contributed by atoms with E-state index >= 15 is 0 Å². The van der Waals surface area contributed by atoms with E-state index in [-0.39, 0.29) is 11.9 Å². The third-order valence-corrected chi connectivity index (χ3v) is 7.79. The summed E-state index contributed by atoms with van der Waals surface area (Å²) in [5, 5.41) is 17.6. The van der Waals surface area contributed by atoms with E-state index in [0.717, 1.165) is 40.6 Å². The largest absolute Gasteiger partial charge is 0.495 e. The van der Waals surface area contributed by atoms with Gasteiger partial charge in [-0.2, -0.15) is 5.26 Å². The number of methoxy groups -OCH3 is 1. The number of ether oxygens (including phenoxy) is 1. The molecule has 1 aromatic heterocycles. The van der Waals surface area contributed by atoms with E-state index in [4.69, 9.17) is 15.0 Å². The molecule has 0 spiro atoms. The van der Waals surface area contributed by atoms with Crippen LogP contribution in [0, 0.1) is 11.3 Å². The Bertz CT molecular complexity index is 1360. The number of anilines is 1. The molecule has 2 N–H and O–H groups in total. The lowest BCUT2D eigenvalue weighted by atomic mass is 9.82. The third-order valence-electron chi connectivity index (χ3n) is 7.79. The number of aromatic nitrogens is 1. The lowest BCUT2D eigenvalue weighted by Crippen LogP contribution is -2.55. The SMILES string of the molecule is C=C(C#N)CNc1c(OC)ccc2ccc(-c3cccc(C(=O)NC4CC5CCCC(C4)N5C)n3)cc12. The van der Waals surface area contributed by atoms with Crippen molar-refractivity contribution in [3.63, 3.8) is 0 Å². The van der Waals surface area contributed by atoms with E-state index < -0.39 is 0 Å². The van der Waals surface area contributed by atoms with Gasteiger partial charge >= 0.3 is 0 Å². The van der Waals surface area contributed by atoms with Crippen LogP contribution in [0.25, 0.3) is 22.0 Å². The molecule has 2 unspecified atom stereocenters. The number of nitrogens with one attached hydrogen (secondary N) is 2. The summed E-state index contributed by atoms with van der Waals surface area (Å²) < 4.78 is 5.57. The van der Waals surface area contributed by atoms with Crippen LogP contribution in [-0.4, -0.2) is 54.6 Å². The fourth-order valence-electron chi connectivity index (χ4n) is 5.76. The zero-order valence-corrected chi connectivity index (χ0v) is 21.5. The topological polar surface area (TPSA) is 90.3 Å². The van der Waals surface area contributed by atoms with Gasteiger partial charge in [0.25, 0.3) is 5.91 Å². The number of pyridine rings is 1. The highest BCUT2D eigenvalue weighted by Crippen LogP contribution is 2.36. The van der Waals surface area contributed by atoms with Crippen molar-refractivity contribution in [1.82, 2.24) is 15.2 Å². The molecule has 0 saturated carbocycles. The minimum absolute atomic E-state index is 0.116. The molecule has 2 fully saturated rings. The highest BCUT2D eigenvalue weighted by molar-refractivity contribution is 5.99. The quantitative estimate of drug-likeness (QED) is 0.441. The number of nitriles is 1. The van der Waals surface area contributed by atoms with Gasteiger partial charge in [0, 0.05) is 41.2 Å². The number of piperidine rings is 2. The molecule has 3 aromatic rings. The molecular formula is C30H33N5O2. The standard InChI is InChI=1S/C30H33N5O2/c1-19(17-31)18-32-29-25-14-21(11-10-20(25)12-13-28(29)37-3)26-8-5-9-27(34-26)30(36)33-22-15-23-6-4-7-24(16-22)35(23)2/h5,8-14,22-24,32H,1,4,6-7,15-16,18H2,2-3H3,(H,33,36). The normalized spacial score (nSPS) is 21.2. The summed E-state index contributed by atoms with van der Waals surface area (Å²) in [5.41, 5.74) is 3.27. The van der Waals surface area contributed by atoms with Crippen LogP contribution in [0.5, 0.6) is 5.75 Å². The fraction of sp³-hybridized carbons (Fsp3) is 0.367. The Hall–Kier alpha value is -3.89. The molecule has 2 saturated heterocycles. The number of nitrogens with zero attached hydrogens (tertiary/aromatic N) is 3. The van der Waals surface area contributed by atoms with Crippen molar-refractivity contribution in [1.29, 1.82) is 5.26 Å².